The summed E-state index contributed by atoms with van der Waals surface area (Å²) in [6.45, 7) is 18.8. The highest BCUT2D eigenvalue weighted by atomic mass is 16.7. The molecule has 3 aliphatic rings. The highest BCUT2D eigenvalue weighted by Crippen LogP contribution is 2.40. The largest absolute Gasteiger partial charge is 0.459 e. The van der Waals surface area contributed by atoms with E-state index in [4.69, 9.17) is 33.2 Å². The van der Waals surface area contributed by atoms with Gasteiger partial charge in [-0.05, 0) is 94.8 Å². The second-order valence-corrected chi connectivity index (χ2v) is 17.3. The Bertz CT molecular complexity index is 1160. The molecular weight excluding hydrogens is 688 g/mol. The van der Waals surface area contributed by atoms with Crippen molar-refractivity contribution in [2.75, 3.05) is 41.9 Å². The minimum absolute atomic E-state index is 0.101. The third-order valence-electron chi connectivity index (χ3n) is 12.6. The van der Waals surface area contributed by atoms with Gasteiger partial charge in [-0.2, -0.15) is 0 Å². The molecule has 3 rings (SSSR count). The molecule has 3 fully saturated rings. The number of hydrogen-bond acceptors (Lipinski definition) is 14. The number of cyclic esters (lactones) is 1. The van der Waals surface area contributed by atoms with E-state index in [9.17, 15) is 25.2 Å². The Morgan fingerprint density at radius 3 is 2.09 bits per heavy atom. The molecule has 0 aromatic carbocycles. The van der Waals surface area contributed by atoms with Gasteiger partial charge in [0.25, 0.3) is 0 Å². The molecule has 18 atom stereocenters. The predicted octanol–water partition coefficient (Wildman–Crippen LogP) is 2.55. The molecule has 3 heterocycles. The molecule has 53 heavy (non-hydrogen) atoms. The van der Waals surface area contributed by atoms with Crippen LogP contribution in [0.1, 0.15) is 94.9 Å². The van der Waals surface area contributed by atoms with Crippen LogP contribution in [0, 0.1) is 17.8 Å². The van der Waals surface area contributed by atoms with Gasteiger partial charge in [0, 0.05) is 45.2 Å². The van der Waals surface area contributed by atoms with E-state index in [1.165, 1.54) is 14.2 Å². The van der Waals surface area contributed by atoms with Gasteiger partial charge in [0.1, 0.15) is 30.0 Å². The molecule has 0 aliphatic carbocycles. The average Bonchev–Trinajstić information content (AvgIpc) is 3.09. The van der Waals surface area contributed by atoms with Gasteiger partial charge >= 0.3 is 5.97 Å². The Morgan fingerprint density at radius 2 is 1.55 bits per heavy atom. The zero-order valence-electron chi connectivity index (χ0n) is 35.1. The second-order valence-electron chi connectivity index (χ2n) is 17.3. The molecule has 0 unspecified atom stereocenters. The van der Waals surface area contributed by atoms with Crippen molar-refractivity contribution in [3.05, 3.63) is 0 Å². The minimum Gasteiger partial charge on any atom is -0.459 e. The first-order valence-electron chi connectivity index (χ1n) is 19.5. The van der Waals surface area contributed by atoms with Gasteiger partial charge < -0.3 is 63.4 Å². The number of esters is 1. The van der Waals surface area contributed by atoms with Crippen molar-refractivity contribution in [1.29, 1.82) is 0 Å². The van der Waals surface area contributed by atoms with E-state index in [1.54, 1.807) is 34.6 Å². The maximum absolute atomic E-state index is 14.4. The molecule has 14 heteroatoms. The molecule has 14 nitrogen and oxygen atoms in total. The molecule has 0 aromatic rings. The number of aliphatic hydroxyl groups excluding tert-OH is 3. The first-order valence-corrected chi connectivity index (χ1v) is 19.5. The molecule has 0 bridgehead atoms. The highest BCUT2D eigenvalue weighted by molar-refractivity contribution is 5.73. The molecule has 3 saturated heterocycles. The maximum Gasteiger partial charge on any atom is 0.311 e. The average molecular weight is 763 g/mol. The predicted molar refractivity (Wildman–Crippen MR) is 199 cm³/mol. The van der Waals surface area contributed by atoms with Crippen molar-refractivity contribution >= 4 is 5.97 Å². The number of rotatable bonds is 8. The van der Waals surface area contributed by atoms with Crippen LogP contribution in [0.5, 0.6) is 0 Å². The maximum atomic E-state index is 14.4. The summed E-state index contributed by atoms with van der Waals surface area (Å²) in [6, 6.07) is -0.667. The Hall–Kier alpha value is -1.01. The summed E-state index contributed by atoms with van der Waals surface area (Å²) in [6.07, 6.45) is -7.36. The molecule has 3 aliphatic heterocycles. The van der Waals surface area contributed by atoms with Gasteiger partial charge in [-0.15, -0.1) is 0 Å². The van der Waals surface area contributed by atoms with E-state index >= 15 is 0 Å². The van der Waals surface area contributed by atoms with Crippen LogP contribution in [0.3, 0.4) is 0 Å². The quantitative estimate of drug-likeness (QED) is 0.266. The van der Waals surface area contributed by atoms with Crippen LogP contribution in [0.4, 0.5) is 0 Å². The van der Waals surface area contributed by atoms with Crippen molar-refractivity contribution in [3.8, 4) is 0 Å². The van der Waals surface area contributed by atoms with Gasteiger partial charge in [-0.25, -0.2) is 0 Å². The van der Waals surface area contributed by atoms with Crippen molar-refractivity contribution in [2.45, 2.75) is 185 Å². The summed E-state index contributed by atoms with van der Waals surface area (Å²) >= 11 is 0. The fourth-order valence-corrected chi connectivity index (χ4v) is 8.97. The first-order chi connectivity index (χ1) is 24.5. The van der Waals surface area contributed by atoms with E-state index in [0.29, 0.717) is 19.4 Å². The summed E-state index contributed by atoms with van der Waals surface area (Å²) < 4.78 is 43.9. The normalized spacial score (nSPS) is 48.9. The standard InChI is InChI=1S/C39H74N2O12/c1-16-28-39(10,48-15)32(43)25(6)41(13)20-21(2)18-37(8,46)34(53-36-30(42)27(40(11)12)17-22(3)49-36)23(4)31(24(5)35(45)51-28)52-29-19-38(9,47-14)33(44)26(7)50-29/h21-34,36,42-44,46H,16-20H2,1-15H3/t21-,22-,23+,24-,25+,26+,27+,28-,29+,30-,31-,32-,33+,34-,36+,37+,38-,39-/m1/s1. The number of hydrogen-bond donors (Lipinski definition) is 4. The van der Waals surface area contributed by atoms with Crippen LogP contribution in [0.25, 0.3) is 0 Å². The topological polar surface area (TPSA) is 169 Å². The van der Waals surface area contributed by atoms with Crippen LogP contribution in [0.15, 0.2) is 0 Å². The monoisotopic (exact) mass is 763 g/mol. The van der Waals surface area contributed by atoms with Gasteiger partial charge in [0.15, 0.2) is 12.6 Å². The molecule has 0 spiro atoms. The number of carbonyl (C=O) groups is 1. The number of aliphatic hydroxyl groups is 4. The van der Waals surface area contributed by atoms with Crippen molar-refractivity contribution in [3.63, 3.8) is 0 Å². The van der Waals surface area contributed by atoms with Gasteiger partial charge in [0.2, 0.25) is 0 Å². The number of likely N-dealkylation sites (N-methyl/N-ethyl adjacent to an activating group) is 2. The first kappa shape index (κ1) is 46.4. The number of carbonyl (C=O) groups excluding carboxylic acids is 1. The molecule has 0 amide bonds. The van der Waals surface area contributed by atoms with Crippen LogP contribution >= 0.6 is 0 Å². The summed E-state index contributed by atoms with van der Waals surface area (Å²) in [5, 5.41) is 46.9. The molecule has 0 radical (unpaired) electrons. The smallest absolute Gasteiger partial charge is 0.311 e. The van der Waals surface area contributed by atoms with Gasteiger partial charge in [-0.3, -0.25) is 4.79 Å². The summed E-state index contributed by atoms with van der Waals surface area (Å²) in [5.74, 6) is -2.37. The van der Waals surface area contributed by atoms with Crippen LogP contribution < -0.4 is 0 Å². The summed E-state index contributed by atoms with van der Waals surface area (Å²) in [7, 11) is 8.73. The molecule has 0 aromatic heterocycles. The Balaban J connectivity index is 2.19. The fourth-order valence-electron chi connectivity index (χ4n) is 8.97. The van der Waals surface area contributed by atoms with Crippen molar-refractivity contribution in [1.82, 2.24) is 9.80 Å². The van der Waals surface area contributed by atoms with E-state index in [2.05, 4.69) is 0 Å². The third-order valence-corrected chi connectivity index (χ3v) is 12.6. The summed E-state index contributed by atoms with van der Waals surface area (Å²) in [5.41, 5.74) is -3.79. The zero-order chi connectivity index (χ0) is 40.4. The molecule has 312 valence electrons. The van der Waals surface area contributed by atoms with E-state index in [1.807, 2.05) is 65.6 Å². The van der Waals surface area contributed by atoms with Gasteiger partial charge in [-0.1, -0.05) is 20.8 Å². The highest BCUT2D eigenvalue weighted by Gasteiger charge is 2.53. The molecular formula is C39H74N2O12. The van der Waals surface area contributed by atoms with E-state index < -0.39 is 96.0 Å². The Labute approximate surface area is 318 Å². The Kier molecular flexibility index (Phi) is 16.2. The van der Waals surface area contributed by atoms with Crippen LogP contribution in [-0.2, 0) is 38.0 Å². The lowest BCUT2D eigenvalue weighted by Gasteiger charge is -2.48. The minimum atomic E-state index is -1.53. The lowest BCUT2D eigenvalue weighted by Crippen LogP contribution is -2.60. The lowest BCUT2D eigenvalue weighted by molar-refractivity contribution is -0.318. The van der Waals surface area contributed by atoms with Gasteiger partial charge in [0.05, 0.1) is 41.5 Å². The third kappa shape index (κ3) is 10.3. The molecule has 0 saturated carbocycles. The van der Waals surface area contributed by atoms with E-state index in [-0.39, 0.29) is 30.9 Å². The lowest BCUT2D eigenvalue weighted by atomic mass is 9.77. The number of methoxy groups -OCH3 is 2. The number of nitrogens with zero attached hydrogens (tertiary/aromatic N) is 2. The van der Waals surface area contributed by atoms with Crippen LogP contribution in [-0.4, -0.2) is 168 Å². The second kappa shape index (κ2) is 18.5. The van der Waals surface area contributed by atoms with Crippen molar-refractivity contribution in [2.24, 2.45) is 17.8 Å². The van der Waals surface area contributed by atoms with Crippen molar-refractivity contribution < 1.29 is 58.4 Å². The summed E-state index contributed by atoms with van der Waals surface area (Å²) in [4.78, 5) is 18.3. The zero-order valence-corrected chi connectivity index (χ0v) is 35.1. The fraction of sp³-hybridized carbons (Fsp3) is 0.974. The SMILES string of the molecule is CC[C@H]1OC(=O)[C@H](C)[C@H](O[C@H]2C[C@@](C)(OC)[C@@H](O)[C@H](C)O2)[C@H](C)[C@@H](O[C@@H]2O[C@H](C)C[C@H](N(C)C)[C@H]2O)[C@@](C)(O)C[C@@H](C)CN(C)[C@@H](C)[C@@H](O)[C@]1(C)OC. The molecule has 4 N–H and O–H groups in total. The number of ether oxygens (including phenoxy) is 7. The van der Waals surface area contributed by atoms with E-state index in [0.717, 1.165) is 0 Å². The van der Waals surface area contributed by atoms with Crippen LogP contribution in [0.2, 0.25) is 0 Å². The Morgan fingerprint density at radius 1 is 0.925 bits per heavy atom.